The molecule has 0 unspecified atom stereocenters. The average Bonchev–Trinajstić information content (AvgIpc) is 2.55. The molecule has 1 saturated carbocycles. The summed E-state index contributed by atoms with van der Waals surface area (Å²) in [6.07, 6.45) is 4.01. The van der Waals surface area contributed by atoms with Crippen LogP contribution in [0, 0.1) is 17.8 Å². The number of morpholine rings is 1. The van der Waals surface area contributed by atoms with Gasteiger partial charge in [0.15, 0.2) is 0 Å². The van der Waals surface area contributed by atoms with Crippen LogP contribution in [0.2, 0.25) is 0 Å². The minimum absolute atomic E-state index is 0.0200. The maximum Gasteiger partial charge on any atom is 0.108 e. The summed E-state index contributed by atoms with van der Waals surface area (Å²) < 4.78 is 11.9. The fourth-order valence-electron chi connectivity index (χ4n) is 4.73. The van der Waals surface area contributed by atoms with Crippen molar-refractivity contribution < 1.29 is 14.6 Å². The van der Waals surface area contributed by atoms with Crippen molar-refractivity contribution in [2.75, 3.05) is 52.5 Å². The van der Waals surface area contributed by atoms with Crippen LogP contribution in [-0.4, -0.2) is 84.2 Å². The molecule has 1 N–H and O–H groups in total. The molecule has 3 rings (SSSR count). The first kappa shape index (κ1) is 21.1. The van der Waals surface area contributed by atoms with Gasteiger partial charge in [0.1, 0.15) is 6.61 Å². The smallest absolute Gasteiger partial charge is 0.108 e. The first-order valence-electron chi connectivity index (χ1n) is 10.6. The third-order valence-corrected chi connectivity index (χ3v) is 6.07. The molecule has 5 heteroatoms. The Morgan fingerprint density at radius 1 is 1.11 bits per heavy atom. The van der Waals surface area contributed by atoms with E-state index in [4.69, 9.17) is 9.47 Å². The van der Waals surface area contributed by atoms with Crippen LogP contribution in [0.5, 0.6) is 0 Å². The van der Waals surface area contributed by atoms with Crippen molar-refractivity contribution in [3.8, 4) is 11.8 Å². The lowest BCUT2D eigenvalue weighted by atomic mass is 9.71. The summed E-state index contributed by atoms with van der Waals surface area (Å²) in [6, 6.07) is 0. The molecule has 3 aliphatic rings. The fourth-order valence-corrected chi connectivity index (χ4v) is 4.73. The van der Waals surface area contributed by atoms with E-state index in [1.54, 1.807) is 0 Å². The van der Waals surface area contributed by atoms with E-state index < -0.39 is 5.60 Å². The second-order valence-electron chi connectivity index (χ2n) is 10.0. The first-order valence-corrected chi connectivity index (χ1v) is 10.6. The van der Waals surface area contributed by atoms with Gasteiger partial charge in [0.25, 0.3) is 0 Å². The number of rotatable bonds is 4. The number of ether oxygens (including phenoxy) is 2. The molecule has 0 atom stereocenters. The van der Waals surface area contributed by atoms with E-state index in [0.29, 0.717) is 12.5 Å². The lowest BCUT2D eigenvalue weighted by Gasteiger charge is -2.50. The Hall–Kier alpha value is -0.640. The summed E-state index contributed by atoms with van der Waals surface area (Å²) in [5, 5.41) is 10.6. The topological polar surface area (TPSA) is 45.2 Å². The third kappa shape index (κ3) is 6.17. The Balaban J connectivity index is 1.41. The minimum Gasteiger partial charge on any atom is -0.389 e. The highest BCUT2D eigenvalue weighted by molar-refractivity contribution is 5.04. The molecule has 2 heterocycles. The molecular weight excluding hydrogens is 340 g/mol. The SMILES string of the molecule is CC1CC(O)(CN2CCC3(CC2)CN(CC#CCOC(C)(C)C)CCO3)C1. The second-order valence-corrected chi connectivity index (χ2v) is 10.0. The molecule has 1 aliphatic carbocycles. The van der Waals surface area contributed by atoms with E-state index in [9.17, 15) is 5.11 Å². The third-order valence-electron chi connectivity index (χ3n) is 6.07. The number of aliphatic hydroxyl groups is 1. The molecule has 0 aromatic carbocycles. The van der Waals surface area contributed by atoms with Crippen LogP contribution in [0.1, 0.15) is 53.4 Å². The summed E-state index contributed by atoms with van der Waals surface area (Å²) in [5.41, 5.74) is -0.585. The Labute approximate surface area is 165 Å². The standard InChI is InChI=1S/C22H38N2O3/c1-19-15-21(25,16-19)17-24-10-7-22(8-11-24)18-23(12-14-27-22)9-5-6-13-26-20(2,3)4/h19,25H,7-18H2,1-4H3. The summed E-state index contributed by atoms with van der Waals surface area (Å²) in [7, 11) is 0. The van der Waals surface area contributed by atoms with Crippen molar-refractivity contribution in [1.29, 1.82) is 0 Å². The molecule has 27 heavy (non-hydrogen) atoms. The number of hydrogen-bond donors (Lipinski definition) is 1. The van der Waals surface area contributed by atoms with Crippen molar-refractivity contribution >= 4 is 0 Å². The van der Waals surface area contributed by atoms with Gasteiger partial charge in [0, 0.05) is 32.7 Å². The monoisotopic (exact) mass is 378 g/mol. The van der Waals surface area contributed by atoms with Crippen molar-refractivity contribution in [3.05, 3.63) is 0 Å². The van der Waals surface area contributed by atoms with E-state index in [2.05, 4.69) is 49.3 Å². The molecule has 2 saturated heterocycles. The Bertz CT molecular complexity index is 546. The number of nitrogens with zero attached hydrogens (tertiary/aromatic N) is 2. The van der Waals surface area contributed by atoms with E-state index in [-0.39, 0.29) is 11.2 Å². The largest absolute Gasteiger partial charge is 0.389 e. The molecule has 1 spiro atoms. The average molecular weight is 379 g/mol. The number of piperidine rings is 1. The molecular formula is C22H38N2O3. The summed E-state index contributed by atoms with van der Waals surface area (Å²) in [6.45, 7) is 15.3. The van der Waals surface area contributed by atoms with Crippen molar-refractivity contribution in [2.24, 2.45) is 5.92 Å². The van der Waals surface area contributed by atoms with Gasteiger partial charge in [0.05, 0.1) is 30.0 Å². The highest BCUT2D eigenvalue weighted by Crippen LogP contribution is 2.39. The van der Waals surface area contributed by atoms with E-state index >= 15 is 0 Å². The fraction of sp³-hybridized carbons (Fsp3) is 0.909. The van der Waals surface area contributed by atoms with Crippen LogP contribution < -0.4 is 0 Å². The molecule has 0 aromatic rings. The summed E-state index contributed by atoms with van der Waals surface area (Å²) in [5.74, 6) is 7.08. The summed E-state index contributed by atoms with van der Waals surface area (Å²) in [4.78, 5) is 4.85. The Morgan fingerprint density at radius 2 is 1.81 bits per heavy atom. The van der Waals surface area contributed by atoms with Crippen molar-refractivity contribution in [1.82, 2.24) is 9.80 Å². The van der Waals surface area contributed by atoms with Gasteiger partial charge in [-0.3, -0.25) is 4.90 Å². The highest BCUT2D eigenvalue weighted by atomic mass is 16.5. The number of hydrogen-bond acceptors (Lipinski definition) is 5. The van der Waals surface area contributed by atoms with Crippen LogP contribution in [0.25, 0.3) is 0 Å². The maximum atomic E-state index is 10.6. The molecule has 154 valence electrons. The van der Waals surface area contributed by atoms with Gasteiger partial charge in [-0.15, -0.1) is 0 Å². The van der Waals surface area contributed by atoms with Gasteiger partial charge in [0.2, 0.25) is 0 Å². The second kappa shape index (κ2) is 8.39. The van der Waals surface area contributed by atoms with E-state index in [1.807, 2.05) is 0 Å². The minimum atomic E-state index is -0.436. The molecule has 2 aliphatic heterocycles. The Morgan fingerprint density at radius 3 is 2.44 bits per heavy atom. The van der Waals surface area contributed by atoms with Gasteiger partial charge in [-0.1, -0.05) is 18.8 Å². The van der Waals surface area contributed by atoms with Crippen molar-refractivity contribution in [2.45, 2.75) is 70.2 Å². The molecule has 5 nitrogen and oxygen atoms in total. The van der Waals surface area contributed by atoms with Crippen LogP contribution in [0.3, 0.4) is 0 Å². The molecule has 0 amide bonds. The zero-order valence-corrected chi connectivity index (χ0v) is 17.7. The van der Waals surface area contributed by atoms with Gasteiger partial charge in [-0.2, -0.15) is 0 Å². The maximum absolute atomic E-state index is 10.6. The molecule has 3 fully saturated rings. The summed E-state index contributed by atoms with van der Waals surface area (Å²) >= 11 is 0. The lowest BCUT2D eigenvalue weighted by molar-refractivity contribution is -0.146. The van der Waals surface area contributed by atoms with Gasteiger partial charge < -0.3 is 19.5 Å². The highest BCUT2D eigenvalue weighted by Gasteiger charge is 2.44. The normalized spacial score (nSPS) is 32.0. The number of β-amino-alcohol motifs (C(OH)–C–C–N with tert-alkyl or cyclic N) is 1. The molecule has 0 aromatic heterocycles. The van der Waals surface area contributed by atoms with Crippen LogP contribution >= 0.6 is 0 Å². The van der Waals surface area contributed by atoms with Crippen LogP contribution in [0.4, 0.5) is 0 Å². The lowest BCUT2D eigenvalue weighted by Crippen LogP contribution is -2.59. The first-order chi connectivity index (χ1) is 12.7. The zero-order valence-electron chi connectivity index (χ0n) is 17.7. The quantitative estimate of drug-likeness (QED) is 0.760. The number of likely N-dealkylation sites (tertiary alicyclic amines) is 1. The van der Waals surface area contributed by atoms with Gasteiger partial charge in [-0.05, 0) is 52.4 Å². The van der Waals surface area contributed by atoms with Gasteiger partial charge >= 0.3 is 0 Å². The van der Waals surface area contributed by atoms with Crippen LogP contribution in [0.15, 0.2) is 0 Å². The predicted octanol–water partition coefficient (Wildman–Crippen LogP) is 2.13. The van der Waals surface area contributed by atoms with Crippen LogP contribution in [-0.2, 0) is 9.47 Å². The Kier molecular flexibility index (Phi) is 6.55. The molecule has 0 radical (unpaired) electrons. The van der Waals surface area contributed by atoms with E-state index in [1.165, 1.54) is 0 Å². The molecule has 0 bridgehead atoms. The van der Waals surface area contributed by atoms with Crippen molar-refractivity contribution in [3.63, 3.8) is 0 Å². The van der Waals surface area contributed by atoms with Gasteiger partial charge in [-0.25, -0.2) is 0 Å². The zero-order chi connectivity index (χ0) is 19.5. The van der Waals surface area contributed by atoms with E-state index in [0.717, 1.165) is 71.6 Å². The predicted molar refractivity (Wildman–Crippen MR) is 108 cm³/mol.